The first-order chi connectivity index (χ1) is 7.22. The minimum Gasteiger partial charge on any atom is -0.454 e. The second kappa shape index (κ2) is 3.96. The molecule has 1 N–H and O–H groups in total. The number of hydrogen-bond acceptors (Lipinski definition) is 4. The molecule has 0 unspecified atom stereocenters. The molecule has 6 heteroatoms. The van der Waals surface area contributed by atoms with Gasteiger partial charge in [0.2, 0.25) is 6.79 Å². The number of hydroxylamine groups is 1. The molecule has 0 radical (unpaired) electrons. The minimum atomic E-state index is -0.391. The van der Waals surface area contributed by atoms with Crippen molar-refractivity contribution in [1.82, 2.24) is 5.48 Å². The summed E-state index contributed by atoms with van der Waals surface area (Å²) in [5.41, 5.74) is 2.54. The molecule has 2 rings (SSSR count). The van der Waals surface area contributed by atoms with Gasteiger partial charge in [-0.2, -0.15) is 0 Å². The van der Waals surface area contributed by atoms with Gasteiger partial charge in [0.15, 0.2) is 11.5 Å². The van der Waals surface area contributed by atoms with Gasteiger partial charge in [-0.3, -0.25) is 9.63 Å². The Morgan fingerprint density at radius 1 is 1.53 bits per heavy atom. The minimum absolute atomic E-state index is 0.115. The van der Waals surface area contributed by atoms with E-state index in [1.165, 1.54) is 13.2 Å². The summed E-state index contributed by atoms with van der Waals surface area (Å²) in [6.45, 7) is 0.115. The lowest BCUT2D eigenvalue weighted by molar-refractivity contribution is 0.0537. The molecule has 0 aliphatic carbocycles. The van der Waals surface area contributed by atoms with E-state index in [9.17, 15) is 4.79 Å². The zero-order valence-electron chi connectivity index (χ0n) is 7.87. The molecule has 1 heterocycles. The number of amides is 1. The quantitative estimate of drug-likeness (QED) is 0.778. The number of fused-ring (bicyclic) bond motifs is 1. The normalized spacial score (nSPS) is 12.7. The SMILES string of the molecule is CONC(=O)c1cc(Cl)c2c(c1)OCO2. The maximum Gasteiger partial charge on any atom is 0.275 e. The number of hydrogen-bond donors (Lipinski definition) is 1. The molecule has 1 aliphatic rings. The smallest absolute Gasteiger partial charge is 0.275 e. The number of rotatable bonds is 2. The predicted octanol–water partition coefficient (Wildman–Crippen LogP) is 1.36. The van der Waals surface area contributed by atoms with Gasteiger partial charge in [-0.05, 0) is 12.1 Å². The van der Waals surface area contributed by atoms with Crippen LogP contribution < -0.4 is 15.0 Å². The van der Waals surface area contributed by atoms with Crippen LogP contribution in [0, 0.1) is 0 Å². The lowest BCUT2D eigenvalue weighted by Crippen LogP contribution is -2.21. The molecule has 1 aliphatic heterocycles. The number of ether oxygens (including phenoxy) is 2. The van der Waals surface area contributed by atoms with Gasteiger partial charge in [0, 0.05) is 5.56 Å². The van der Waals surface area contributed by atoms with E-state index in [2.05, 4.69) is 10.3 Å². The van der Waals surface area contributed by atoms with Gasteiger partial charge in [0.25, 0.3) is 5.91 Å². The summed E-state index contributed by atoms with van der Waals surface area (Å²) in [7, 11) is 1.35. The van der Waals surface area contributed by atoms with Gasteiger partial charge in [-0.1, -0.05) is 11.6 Å². The Hall–Kier alpha value is -1.46. The van der Waals surface area contributed by atoms with Crippen molar-refractivity contribution in [2.75, 3.05) is 13.9 Å². The average molecular weight is 230 g/mol. The van der Waals surface area contributed by atoms with Gasteiger partial charge in [0.1, 0.15) is 0 Å². The number of nitrogens with one attached hydrogen (secondary N) is 1. The first-order valence-electron chi connectivity index (χ1n) is 4.15. The van der Waals surface area contributed by atoms with E-state index in [0.717, 1.165) is 0 Å². The largest absolute Gasteiger partial charge is 0.454 e. The van der Waals surface area contributed by atoms with Crippen LogP contribution in [0.5, 0.6) is 11.5 Å². The Morgan fingerprint density at radius 2 is 2.33 bits per heavy atom. The van der Waals surface area contributed by atoms with E-state index in [1.54, 1.807) is 6.07 Å². The van der Waals surface area contributed by atoms with E-state index in [4.69, 9.17) is 21.1 Å². The van der Waals surface area contributed by atoms with Crippen LogP contribution in [0.3, 0.4) is 0 Å². The zero-order valence-corrected chi connectivity index (χ0v) is 8.63. The van der Waals surface area contributed by atoms with Crippen molar-refractivity contribution in [2.45, 2.75) is 0 Å². The van der Waals surface area contributed by atoms with Crippen molar-refractivity contribution < 1.29 is 19.1 Å². The van der Waals surface area contributed by atoms with E-state index in [0.29, 0.717) is 22.1 Å². The van der Waals surface area contributed by atoms with E-state index >= 15 is 0 Å². The monoisotopic (exact) mass is 229 g/mol. The molecule has 0 bridgehead atoms. The molecule has 0 saturated carbocycles. The van der Waals surface area contributed by atoms with Crippen LogP contribution in [0.4, 0.5) is 0 Å². The molecule has 5 nitrogen and oxygen atoms in total. The molecule has 0 spiro atoms. The van der Waals surface area contributed by atoms with Crippen molar-refractivity contribution in [3.05, 3.63) is 22.7 Å². The highest BCUT2D eigenvalue weighted by Crippen LogP contribution is 2.39. The van der Waals surface area contributed by atoms with Gasteiger partial charge in [0.05, 0.1) is 12.1 Å². The van der Waals surface area contributed by atoms with Crippen molar-refractivity contribution in [3.8, 4) is 11.5 Å². The fraction of sp³-hybridized carbons (Fsp3) is 0.222. The average Bonchev–Trinajstić information content (AvgIpc) is 2.66. The van der Waals surface area contributed by atoms with Crippen LogP contribution in [-0.4, -0.2) is 19.8 Å². The highest BCUT2D eigenvalue weighted by Gasteiger charge is 2.20. The van der Waals surface area contributed by atoms with Crippen LogP contribution >= 0.6 is 11.6 Å². The predicted molar refractivity (Wildman–Crippen MR) is 52.1 cm³/mol. The maximum absolute atomic E-state index is 11.4. The number of benzene rings is 1. The van der Waals surface area contributed by atoms with Crippen LogP contribution in [0.2, 0.25) is 5.02 Å². The lowest BCUT2D eigenvalue weighted by Gasteiger charge is -2.04. The second-order valence-electron chi connectivity index (χ2n) is 2.83. The summed E-state index contributed by atoms with van der Waals surface area (Å²) in [6.07, 6.45) is 0. The summed E-state index contributed by atoms with van der Waals surface area (Å²) in [5.74, 6) is 0.534. The highest BCUT2D eigenvalue weighted by molar-refractivity contribution is 6.32. The van der Waals surface area contributed by atoms with Gasteiger partial charge < -0.3 is 9.47 Å². The highest BCUT2D eigenvalue weighted by atomic mass is 35.5. The molecule has 0 atom stereocenters. The Balaban J connectivity index is 2.35. The molecule has 0 saturated heterocycles. The van der Waals surface area contributed by atoms with Gasteiger partial charge in [-0.15, -0.1) is 0 Å². The first-order valence-corrected chi connectivity index (χ1v) is 4.52. The Bertz CT molecular complexity index is 407. The van der Waals surface area contributed by atoms with Crippen LogP contribution in [-0.2, 0) is 4.84 Å². The van der Waals surface area contributed by atoms with E-state index < -0.39 is 5.91 Å². The molecule has 80 valence electrons. The topological polar surface area (TPSA) is 56.8 Å². The van der Waals surface area contributed by atoms with Crippen LogP contribution in [0.25, 0.3) is 0 Å². The summed E-state index contributed by atoms with van der Waals surface area (Å²) in [6, 6.07) is 3.03. The van der Waals surface area contributed by atoms with Crippen LogP contribution in [0.15, 0.2) is 12.1 Å². The molecular formula is C9H8ClNO4. The molecule has 1 aromatic rings. The molecular weight excluding hydrogens is 222 g/mol. The third-order valence-corrected chi connectivity index (χ3v) is 2.16. The Labute approximate surface area is 90.8 Å². The summed E-state index contributed by atoms with van der Waals surface area (Å²) >= 11 is 5.89. The Kier molecular flexibility index (Phi) is 2.66. The van der Waals surface area contributed by atoms with Crippen molar-refractivity contribution in [2.24, 2.45) is 0 Å². The van der Waals surface area contributed by atoms with E-state index in [-0.39, 0.29) is 6.79 Å². The maximum atomic E-state index is 11.4. The number of carbonyl (C=O) groups excluding carboxylic acids is 1. The second-order valence-corrected chi connectivity index (χ2v) is 3.23. The molecule has 0 fully saturated rings. The third kappa shape index (κ3) is 1.84. The molecule has 0 aromatic heterocycles. The zero-order chi connectivity index (χ0) is 10.8. The molecule has 15 heavy (non-hydrogen) atoms. The van der Waals surface area contributed by atoms with Crippen molar-refractivity contribution in [1.29, 1.82) is 0 Å². The third-order valence-electron chi connectivity index (χ3n) is 1.88. The molecule has 1 amide bonds. The Morgan fingerprint density at radius 3 is 3.07 bits per heavy atom. The van der Waals surface area contributed by atoms with Crippen molar-refractivity contribution in [3.63, 3.8) is 0 Å². The van der Waals surface area contributed by atoms with E-state index in [1.807, 2.05) is 0 Å². The summed E-state index contributed by atoms with van der Waals surface area (Å²) in [5, 5.41) is 0.339. The van der Waals surface area contributed by atoms with Gasteiger partial charge >= 0.3 is 0 Å². The number of carbonyl (C=O) groups is 1. The van der Waals surface area contributed by atoms with Crippen LogP contribution in [0.1, 0.15) is 10.4 Å². The first kappa shape index (κ1) is 10.1. The number of halogens is 1. The summed E-state index contributed by atoms with van der Waals surface area (Å²) < 4.78 is 10.2. The fourth-order valence-corrected chi connectivity index (χ4v) is 1.52. The molecule has 1 aromatic carbocycles. The lowest BCUT2D eigenvalue weighted by atomic mass is 10.2. The fourth-order valence-electron chi connectivity index (χ4n) is 1.25. The van der Waals surface area contributed by atoms with Gasteiger partial charge in [-0.25, -0.2) is 5.48 Å². The van der Waals surface area contributed by atoms with Crippen molar-refractivity contribution >= 4 is 17.5 Å². The standard InChI is InChI=1S/C9H8ClNO4/c1-13-11-9(12)5-2-6(10)8-7(3-5)14-4-15-8/h2-3H,4H2,1H3,(H,11,12). The summed E-state index contributed by atoms with van der Waals surface area (Å²) in [4.78, 5) is 15.9.